The van der Waals surface area contributed by atoms with Gasteiger partial charge in [-0.05, 0) is 26.2 Å². The highest BCUT2D eigenvalue weighted by Crippen LogP contribution is 2.10. The fourth-order valence-corrected chi connectivity index (χ4v) is 1.95. The van der Waals surface area contributed by atoms with Gasteiger partial charge in [-0.2, -0.15) is 0 Å². The van der Waals surface area contributed by atoms with Crippen molar-refractivity contribution in [1.82, 2.24) is 0 Å². The normalized spacial score (nSPS) is 10.6. The molecule has 104 valence electrons. The Morgan fingerprint density at radius 2 is 1.06 bits per heavy atom. The Morgan fingerprint density at radius 1 is 0.824 bits per heavy atom. The predicted molar refractivity (Wildman–Crippen MR) is 77.2 cm³/mol. The first-order valence-corrected chi connectivity index (χ1v) is 7.33. The van der Waals surface area contributed by atoms with Crippen molar-refractivity contribution in [2.75, 3.05) is 26.7 Å². The predicted octanol–water partition coefficient (Wildman–Crippen LogP) is 4.04. The van der Waals surface area contributed by atoms with E-state index in [-0.39, 0.29) is 0 Å². The molecule has 0 bridgehead atoms. The maximum Gasteiger partial charge on any atom is 0.116 e. The lowest BCUT2D eigenvalue weighted by molar-refractivity contribution is -0.910. The molecule has 0 N–H and O–H groups in total. The van der Waals surface area contributed by atoms with E-state index in [4.69, 9.17) is 4.79 Å². The van der Waals surface area contributed by atoms with Crippen LogP contribution in [-0.2, 0) is 4.79 Å². The highest BCUT2D eigenvalue weighted by atomic mass is 16.1. The summed E-state index contributed by atoms with van der Waals surface area (Å²) in [5.41, 5.74) is 0. The summed E-state index contributed by atoms with van der Waals surface area (Å²) in [6, 6.07) is 0. The molecule has 0 aliphatic heterocycles. The Morgan fingerprint density at radius 3 is 1.24 bits per heavy atom. The first-order valence-electron chi connectivity index (χ1n) is 7.33. The van der Waals surface area contributed by atoms with Crippen LogP contribution in [0.1, 0.15) is 66.2 Å². The van der Waals surface area contributed by atoms with Gasteiger partial charge < -0.3 is 9.28 Å². The van der Waals surface area contributed by atoms with Crippen molar-refractivity contribution in [3.8, 4) is 0 Å². The van der Waals surface area contributed by atoms with Crippen LogP contribution in [-0.4, -0.2) is 37.5 Å². The van der Waals surface area contributed by atoms with Crippen LogP contribution < -0.4 is 0 Å². The minimum atomic E-state index is 0.750. The van der Waals surface area contributed by atoms with E-state index in [0.29, 0.717) is 0 Å². The van der Waals surface area contributed by atoms with E-state index in [1.807, 2.05) is 0 Å². The molecule has 0 aromatic carbocycles. The van der Waals surface area contributed by atoms with E-state index in [2.05, 4.69) is 27.8 Å². The van der Waals surface area contributed by atoms with Crippen LogP contribution in [0.5, 0.6) is 0 Å². The van der Waals surface area contributed by atoms with Gasteiger partial charge in [-0.1, -0.05) is 40.0 Å². The van der Waals surface area contributed by atoms with Crippen molar-refractivity contribution in [3.05, 3.63) is 0 Å². The lowest BCUT2D eigenvalue weighted by atomic mass is 10.2. The summed E-state index contributed by atoms with van der Waals surface area (Å²) >= 11 is 0. The molecule has 0 spiro atoms. The van der Waals surface area contributed by atoms with Crippen LogP contribution in [0.25, 0.3) is 0 Å². The molecule has 0 fully saturated rings. The Bertz CT molecular complexity index is 135. The molecule has 0 heterocycles. The van der Waals surface area contributed by atoms with E-state index < -0.39 is 0 Å². The van der Waals surface area contributed by atoms with Crippen LogP contribution in [0.2, 0.25) is 0 Å². The van der Waals surface area contributed by atoms with Gasteiger partial charge in [0.15, 0.2) is 0 Å². The van der Waals surface area contributed by atoms with E-state index >= 15 is 0 Å². The summed E-state index contributed by atoms with van der Waals surface area (Å²) in [5.74, 6) is 0. The number of carbonyl (C=O) groups is 1. The number of hydrogen-bond acceptors (Lipinski definition) is 1. The lowest BCUT2D eigenvalue weighted by Crippen LogP contribution is -2.46. The summed E-state index contributed by atoms with van der Waals surface area (Å²) < 4.78 is 1.32. The van der Waals surface area contributed by atoms with Gasteiger partial charge in [0.05, 0.1) is 26.7 Å². The monoisotopic (exact) mass is 244 g/mol. The molecule has 0 aromatic heterocycles. The molecule has 0 saturated carbocycles. The molecule has 0 radical (unpaired) electrons. The van der Waals surface area contributed by atoms with Crippen molar-refractivity contribution in [2.45, 2.75) is 66.2 Å². The van der Waals surface area contributed by atoms with Gasteiger partial charge in [0.2, 0.25) is 0 Å². The highest BCUT2D eigenvalue weighted by molar-refractivity contribution is 5.44. The van der Waals surface area contributed by atoms with Crippen LogP contribution in [0.15, 0.2) is 0 Å². The summed E-state index contributed by atoms with van der Waals surface area (Å²) in [6.07, 6.45) is 8.95. The summed E-state index contributed by atoms with van der Waals surface area (Å²) in [4.78, 5) is 8.81. The van der Waals surface area contributed by atoms with Gasteiger partial charge in [-0.25, -0.2) is 0 Å². The van der Waals surface area contributed by atoms with Crippen molar-refractivity contribution in [2.24, 2.45) is 0 Å². The third kappa shape index (κ3) is 13.6. The summed E-state index contributed by atoms with van der Waals surface area (Å²) in [6.45, 7) is 12.5. The van der Waals surface area contributed by atoms with Gasteiger partial charge in [-0.15, -0.1) is 0 Å². The number of aldehydes is 1. The Kier molecular flexibility index (Phi) is 15.3. The van der Waals surface area contributed by atoms with Crippen LogP contribution in [0.4, 0.5) is 0 Å². The minimum Gasteiger partial charge on any atom is -0.326 e. The second kappa shape index (κ2) is 13.7. The number of quaternary nitrogens is 1. The number of nitrogens with zero attached hydrogens (tertiary/aromatic N) is 1. The minimum absolute atomic E-state index is 0.750. The molecule has 2 heteroatoms. The standard InChI is InChI=1S/C13H30N.C2H4O/c1-5-8-11-14(4,12-9-6-2)13-10-7-3;1-2-3/h5-13H2,1-4H3;2H,1H3/q+1;. The average molecular weight is 244 g/mol. The van der Waals surface area contributed by atoms with Gasteiger partial charge in [0.25, 0.3) is 0 Å². The maximum absolute atomic E-state index is 8.81. The molecule has 17 heavy (non-hydrogen) atoms. The SMILES string of the molecule is CC=O.CCCC[N+](C)(CCCC)CCCC. The van der Waals surface area contributed by atoms with Crippen molar-refractivity contribution < 1.29 is 9.28 Å². The first-order chi connectivity index (χ1) is 8.10. The Labute approximate surface area is 109 Å². The number of carbonyl (C=O) groups excluding carboxylic acids is 1. The molecule has 0 amide bonds. The third-order valence-corrected chi connectivity index (χ3v) is 3.15. The van der Waals surface area contributed by atoms with E-state index in [1.165, 1.54) is 69.6 Å². The molecule has 0 aliphatic rings. The topological polar surface area (TPSA) is 17.1 Å². The molecular formula is C15H34NO+. The van der Waals surface area contributed by atoms with E-state index in [9.17, 15) is 0 Å². The van der Waals surface area contributed by atoms with Crippen LogP contribution >= 0.6 is 0 Å². The first kappa shape index (κ1) is 19.0. The second-order valence-corrected chi connectivity index (χ2v) is 5.09. The number of unbranched alkanes of at least 4 members (excludes halogenated alkanes) is 3. The van der Waals surface area contributed by atoms with Crippen LogP contribution in [0.3, 0.4) is 0 Å². The van der Waals surface area contributed by atoms with Gasteiger partial charge in [0, 0.05) is 0 Å². The Hall–Kier alpha value is -0.370. The number of rotatable bonds is 9. The molecule has 0 atom stereocenters. The average Bonchev–Trinajstić information content (AvgIpc) is 2.33. The molecular weight excluding hydrogens is 210 g/mol. The number of hydrogen-bond donors (Lipinski definition) is 0. The zero-order valence-corrected chi connectivity index (χ0v) is 12.8. The van der Waals surface area contributed by atoms with Crippen molar-refractivity contribution in [1.29, 1.82) is 0 Å². The van der Waals surface area contributed by atoms with Gasteiger partial charge in [0.1, 0.15) is 6.29 Å². The molecule has 0 aliphatic carbocycles. The van der Waals surface area contributed by atoms with Crippen molar-refractivity contribution >= 4 is 6.29 Å². The Balaban J connectivity index is 0. The molecule has 0 saturated heterocycles. The van der Waals surface area contributed by atoms with Gasteiger partial charge >= 0.3 is 0 Å². The fraction of sp³-hybridized carbons (Fsp3) is 0.933. The second-order valence-electron chi connectivity index (χ2n) is 5.09. The summed E-state index contributed by atoms with van der Waals surface area (Å²) in [7, 11) is 2.45. The maximum atomic E-state index is 8.81. The largest absolute Gasteiger partial charge is 0.326 e. The summed E-state index contributed by atoms with van der Waals surface area (Å²) in [5, 5.41) is 0. The quantitative estimate of drug-likeness (QED) is 0.442. The zero-order valence-electron chi connectivity index (χ0n) is 12.8. The van der Waals surface area contributed by atoms with Crippen molar-refractivity contribution in [3.63, 3.8) is 0 Å². The zero-order chi connectivity index (χ0) is 13.6. The molecule has 0 rings (SSSR count). The van der Waals surface area contributed by atoms with E-state index in [0.717, 1.165) is 6.29 Å². The molecule has 0 aromatic rings. The fourth-order valence-electron chi connectivity index (χ4n) is 1.95. The molecule has 0 unspecified atom stereocenters. The third-order valence-electron chi connectivity index (χ3n) is 3.15. The van der Waals surface area contributed by atoms with E-state index in [1.54, 1.807) is 0 Å². The smallest absolute Gasteiger partial charge is 0.116 e. The van der Waals surface area contributed by atoms with Crippen LogP contribution in [0, 0.1) is 0 Å². The van der Waals surface area contributed by atoms with Gasteiger partial charge in [-0.3, -0.25) is 0 Å². The highest BCUT2D eigenvalue weighted by Gasteiger charge is 2.18. The lowest BCUT2D eigenvalue weighted by Gasteiger charge is -2.34. The molecule has 2 nitrogen and oxygen atoms in total.